The van der Waals surface area contributed by atoms with Gasteiger partial charge in [-0.05, 0) is 30.7 Å². The van der Waals surface area contributed by atoms with E-state index in [4.69, 9.17) is 4.99 Å². The molecule has 0 bridgehead atoms. The number of rotatable bonds is 4. The summed E-state index contributed by atoms with van der Waals surface area (Å²) in [6.07, 6.45) is 4.59. The Morgan fingerprint density at radius 1 is 1.21 bits per heavy atom. The second-order valence-corrected chi connectivity index (χ2v) is 7.75. The molecule has 3 aliphatic rings. The lowest BCUT2D eigenvalue weighted by Crippen LogP contribution is -2.64. The zero-order valence-electron chi connectivity index (χ0n) is 16.3. The van der Waals surface area contributed by atoms with Crippen molar-refractivity contribution in [1.29, 1.82) is 0 Å². The van der Waals surface area contributed by atoms with Gasteiger partial charge in [0.15, 0.2) is 18.2 Å². The second kappa shape index (κ2) is 7.66. The number of likely N-dealkylation sites (tertiary alicyclic amines) is 1. The maximum absolute atomic E-state index is 12.5. The molecule has 0 aromatic heterocycles. The van der Waals surface area contributed by atoms with Crippen LogP contribution in [0.15, 0.2) is 48.0 Å². The molecule has 1 aromatic carbocycles. The molecule has 2 unspecified atom stereocenters. The van der Waals surface area contributed by atoms with Crippen LogP contribution in [0.1, 0.15) is 18.4 Å². The Hall–Kier alpha value is -2.83. The Morgan fingerprint density at radius 3 is 2.61 bits per heavy atom. The minimum absolute atomic E-state index is 0.285. The van der Waals surface area contributed by atoms with Crippen molar-refractivity contribution in [3.8, 4) is 0 Å². The predicted octanol–water partition coefficient (Wildman–Crippen LogP) is 1.68. The SMILES string of the molecule is C=CCN1C(N2CCC(Cc3ccccc3)CC2)=NC2C1C(=O)NC(=O)N2C. The number of piperidine rings is 1. The van der Waals surface area contributed by atoms with E-state index >= 15 is 0 Å². The van der Waals surface area contributed by atoms with E-state index in [1.54, 1.807) is 13.1 Å². The Labute approximate surface area is 165 Å². The van der Waals surface area contributed by atoms with Crippen LogP contribution in [-0.4, -0.2) is 71.5 Å². The summed E-state index contributed by atoms with van der Waals surface area (Å²) in [5.74, 6) is 1.18. The first kappa shape index (κ1) is 18.5. The summed E-state index contributed by atoms with van der Waals surface area (Å²) >= 11 is 0. The van der Waals surface area contributed by atoms with E-state index in [-0.39, 0.29) is 5.91 Å². The number of nitrogens with one attached hydrogen (secondary N) is 1. The largest absolute Gasteiger partial charge is 0.343 e. The van der Waals surface area contributed by atoms with Gasteiger partial charge in [0.2, 0.25) is 0 Å². The average molecular weight is 381 g/mol. The number of aliphatic imine (C=N–C) groups is 1. The van der Waals surface area contributed by atoms with Crippen LogP contribution in [0, 0.1) is 5.92 Å². The summed E-state index contributed by atoms with van der Waals surface area (Å²) in [4.78, 5) is 35.0. The van der Waals surface area contributed by atoms with Crippen LogP contribution in [-0.2, 0) is 11.2 Å². The lowest BCUT2D eigenvalue weighted by molar-refractivity contribution is -0.127. The number of hydrogen-bond donors (Lipinski definition) is 1. The molecule has 28 heavy (non-hydrogen) atoms. The minimum atomic E-state index is -0.488. The van der Waals surface area contributed by atoms with Gasteiger partial charge in [-0.15, -0.1) is 6.58 Å². The lowest BCUT2D eigenvalue weighted by Gasteiger charge is -2.39. The third-order valence-electron chi connectivity index (χ3n) is 5.93. The maximum atomic E-state index is 12.5. The highest BCUT2D eigenvalue weighted by molar-refractivity contribution is 6.03. The standard InChI is InChI=1S/C21H27N5O2/c1-3-11-26-17-18(24(2)21(28)23-19(17)27)22-20(26)25-12-9-16(10-13-25)14-15-7-5-4-6-8-15/h3-8,16-18H,1,9-14H2,2H3,(H,23,27,28). The van der Waals surface area contributed by atoms with Crippen molar-refractivity contribution in [2.75, 3.05) is 26.7 Å². The molecule has 2 saturated heterocycles. The number of amides is 3. The molecule has 1 N–H and O–H groups in total. The number of benzene rings is 1. The van der Waals surface area contributed by atoms with Crippen LogP contribution in [0.25, 0.3) is 0 Å². The summed E-state index contributed by atoms with van der Waals surface area (Å²) < 4.78 is 0. The van der Waals surface area contributed by atoms with E-state index in [1.807, 2.05) is 4.90 Å². The van der Waals surface area contributed by atoms with Gasteiger partial charge in [-0.25, -0.2) is 9.79 Å². The van der Waals surface area contributed by atoms with Gasteiger partial charge in [0.25, 0.3) is 5.91 Å². The maximum Gasteiger partial charge on any atom is 0.325 e. The lowest BCUT2D eigenvalue weighted by atomic mass is 9.90. The van der Waals surface area contributed by atoms with Crippen LogP contribution >= 0.6 is 0 Å². The number of carbonyl (C=O) groups is 2. The average Bonchev–Trinajstić information content (AvgIpc) is 3.08. The summed E-state index contributed by atoms with van der Waals surface area (Å²) in [5.41, 5.74) is 1.38. The zero-order chi connectivity index (χ0) is 19.7. The van der Waals surface area contributed by atoms with Gasteiger partial charge in [0.05, 0.1) is 0 Å². The number of likely N-dealkylation sites (N-methyl/N-ethyl adjacent to an activating group) is 1. The number of nitrogens with zero attached hydrogens (tertiary/aromatic N) is 4. The zero-order valence-corrected chi connectivity index (χ0v) is 16.3. The molecule has 3 amide bonds. The number of imide groups is 1. The highest BCUT2D eigenvalue weighted by Crippen LogP contribution is 2.28. The highest BCUT2D eigenvalue weighted by atomic mass is 16.2. The van der Waals surface area contributed by atoms with Crippen molar-refractivity contribution in [2.24, 2.45) is 10.9 Å². The van der Waals surface area contributed by atoms with Crippen LogP contribution in [0.4, 0.5) is 4.79 Å². The number of urea groups is 1. The number of carbonyl (C=O) groups excluding carboxylic acids is 2. The van der Waals surface area contributed by atoms with Gasteiger partial charge in [-0.3, -0.25) is 10.1 Å². The molecule has 0 saturated carbocycles. The monoisotopic (exact) mass is 381 g/mol. The van der Waals surface area contributed by atoms with E-state index < -0.39 is 18.2 Å². The van der Waals surface area contributed by atoms with Crippen molar-refractivity contribution < 1.29 is 9.59 Å². The Balaban J connectivity index is 1.46. The molecule has 3 aliphatic heterocycles. The predicted molar refractivity (Wildman–Crippen MR) is 108 cm³/mol. The van der Waals surface area contributed by atoms with Crippen molar-refractivity contribution in [3.63, 3.8) is 0 Å². The molecule has 2 atom stereocenters. The molecule has 1 aromatic rings. The van der Waals surface area contributed by atoms with Crippen LogP contribution in [0.2, 0.25) is 0 Å². The molecular weight excluding hydrogens is 354 g/mol. The quantitative estimate of drug-likeness (QED) is 0.806. The molecule has 0 aliphatic carbocycles. The molecular formula is C21H27N5O2. The first-order valence-electron chi connectivity index (χ1n) is 9.90. The summed E-state index contributed by atoms with van der Waals surface area (Å²) in [7, 11) is 1.68. The minimum Gasteiger partial charge on any atom is -0.343 e. The van der Waals surface area contributed by atoms with E-state index in [0.717, 1.165) is 38.3 Å². The van der Waals surface area contributed by atoms with Crippen LogP contribution < -0.4 is 5.32 Å². The van der Waals surface area contributed by atoms with E-state index in [0.29, 0.717) is 12.5 Å². The van der Waals surface area contributed by atoms with Gasteiger partial charge in [0.1, 0.15) is 0 Å². The topological polar surface area (TPSA) is 68.2 Å². The third-order valence-corrected chi connectivity index (χ3v) is 5.93. The number of hydrogen-bond acceptors (Lipinski definition) is 5. The van der Waals surface area contributed by atoms with Gasteiger partial charge < -0.3 is 14.7 Å². The van der Waals surface area contributed by atoms with E-state index in [1.165, 1.54) is 10.5 Å². The van der Waals surface area contributed by atoms with Gasteiger partial charge in [0, 0.05) is 26.7 Å². The Bertz CT molecular complexity index is 785. The number of fused-ring (bicyclic) bond motifs is 1. The fourth-order valence-corrected chi connectivity index (χ4v) is 4.39. The molecule has 7 nitrogen and oxygen atoms in total. The fraction of sp³-hybridized carbons (Fsp3) is 0.476. The van der Waals surface area contributed by atoms with E-state index in [9.17, 15) is 9.59 Å². The van der Waals surface area contributed by atoms with Gasteiger partial charge in [-0.2, -0.15) is 0 Å². The molecule has 7 heteroatoms. The summed E-state index contributed by atoms with van der Waals surface area (Å²) in [6.45, 7) is 6.17. The molecule has 2 fully saturated rings. The molecule has 3 heterocycles. The molecule has 0 spiro atoms. The second-order valence-electron chi connectivity index (χ2n) is 7.75. The first-order valence-corrected chi connectivity index (χ1v) is 9.90. The van der Waals surface area contributed by atoms with Crippen LogP contribution in [0.3, 0.4) is 0 Å². The first-order chi connectivity index (χ1) is 13.6. The summed E-state index contributed by atoms with van der Waals surface area (Å²) in [6, 6.07) is 9.74. The van der Waals surface area contributed by atoms with Crippen molar-refractivity contribution >= 4 is 17.9 Å². The molecule has 148 valence electrons. The number of guanidine groups is 1. The molecule has 0 radical (unpaired) electrons. The van der Waals surface area contributed by atoms with Gasteiger partial charge in [-0.1, -0.05) is 36.4 Å². The van der Waals surface area contributed by atoms with Crippen molar-refractivity contribution in [1.82, 2.24) is 20.0 Å². The third kappa shape index (κ3) is 3.37. The fourth-order valence-electron chi connectivity index (χ4n) is 4.39. The molecule has 4 rings (SSSR count). The normalized spacial score (nSPS) is 25.5. The smallest absolute Gasteiger partial charge is 0.325 e. The van der Waals surface area contributed by atoms with Gasteiger partial charge >= 0.3 is 6.03 Å². The van der Waals surface area contributed by atoms with Crippen LogP contribution in [0.5, 0.6) is 0 Å². The Kier molecular flexibility index (Phi) is 5.07. The highest BCUT2D eigenvalue weighted by Gasteiger charge is 2.49. The van der Waals surface area contributed by atoms with Crippen molar-refractivity contribution in [3.05, 3.63) is 48.6 Å². The summed E-state index contributed by atoms with van der Waals surface area (Å²) in [5, 5.41) is 2.43. The van der Waals surface area contributed by atoms with Crippen molar-refractivity contribution in [2.45, 2.75) is 31.5 Å². The van der Waals surface area contributed by atoms with E-state index in [2.05, 4.69) is 47.1 Å². The Morgan fingerprint density at radius 2 is 1.93 bits per heavy atom.